The van der Waals surface area contributed by atoms with Gasteiger partial charge < -0.3 is 0 Å². The van der Waals surface area contributed by atoms with Crippen LogP contribution in [0.4, 0.5) is 0 Å². The molecule has 0 aliphatic carbocycles. The zero-order valence-corrected chi connectivity index (χ0v) is 12.3. The number of nitrogens with two attached hydrogens (primary N) is 1. The molecule has 0 aliphatic rings. The van der Waals surface area contributed by atoms with Crippen LogP contribution >= 0.6 is 23.2 Å². The maximum atomic E-state index is 6.22. The second-order valence-corrected chi connectivity index (χ2v) is 5.32. The largest absolute Gasteiger partial charge is 0.271 e. The van der Waals surface area contributed by atoms with Crippen LogP contribution in [-0.4, -0.2) is 4.98 Å². The van der Waals surface area contributed by atoms with Gasteiger partial charge in [-0.1, -0.05) is 23.2 Å². The van der Waals surface area contributed by atoms with Gasteiger partial charge in [0.1, 0.15) is 0 Å². The minimum atomic E-state index is -0.287. The molecule has 19 heavy (non-hydrogen) atoms. The molecule has 0 aliphatic heterocycles. The lowest BCUT2D eigenvalue weighted by Crippen LogP contribution is -2.30. The predicted octanol–water partition coefficient (Wildman–Crippen LogP) is 3.56. The third kappa shape index (κ3) is 3.25. The Kier molecular flexibility index (Phi) is 4.42. The number of nitrogens with one attached hydrogen (secondary N) is 1. The molecule has 0 radical (unpaired) electrons. The Bertz CT molecular complexity index is 579. The Labute approximate surface area is 122 Å². The van der Waals surface area contributed by atoms with Gasteiger partial charge in [0, 0.05) is 15.7 Å². The van der Waals surface area contributed by atoms with Gasteiger partial charge in [0.05, 0.1) is 11.7 Å². The van der Waals surface area contributed by atoms with Crippen molar-refractivity contribution in [2.45, 2.75) is 19.9 Å². The van der Waals surface area contributed by atoms with Gasteiger partial charge in [-0.15, -0.1) is 0 Å². The van der Waals surface area contributed by atoms with Gasteiger partial charge in [0.25, 0.3) is 0 Å². The zero-order valence-electron chi connectivity index (χ0n) is 10.7. The minimum absolute atomic E-state index is 0.287. The van der Waals surface area contributed by atoms with Crippen LogP contribution in [0.3, 0.4) is 0 Å². The molecule has 0 bridgehead atoms. The van der Waals surface area contributed by atoms with E-state index in [0.717, 1.165) is 22.5 Å². The SMILES string of the molecule is Cc1cc(C)nc(C(NN)c2cc(Cl)ccc2Cl)c1. The number of aryl methyl sites for hydroxylation is 2. The number of hydrogen-bond donors (Lipinski definition) is 2. The molecule has 0 amide bonds. The Morgan fingerprint density at radius 2 is 1.89 bits per heavy atom. The number of halogens is 2. The smallest absolute Gasteiger partial charge is 0.0896 e. The van der Waals surface area contributed by atoms with Gasteiger partial charge >= 0.3 is 0 Å². The average Bonchev–Trinajstić information content (AvgIpc) is 2.33. The predicted molar refractivity (Wildman–Crippen MR) is 79.3 cm³/mol. The topological polar surface area (TPSA) is 50.9 Å². The van der Waals surface area contributed by atoms with Crippen LogP contribution < -0.4 is 11.3 Å². The molecular formula is C14H15Cl2N3. The lowest BCUT2D eigenvalue weighted by molar-refractivity contribution is 0.619. The molecule has 1 unspecified atom stereocenters. The highest BCUT2D eigenvalue weighted by molar-refractivity contribution is 6.33. The highest BCUT2D eigenvalue weighted by Crippen LogP contribution is 2.29. The maximum Gasteiger partial charge on any atom is 0.0896 e. The van der Waals surface area contributed by atoms with Crippen LogP contribution in [0.1, 0.15) is 28.6 Å². The Hall–Kier alpha value is -1.13. The average molecular weight is 296 g/mol. The number of nitrogens with zero attached hydrogens (tertiary/aromatic N) is 1. The van der Waals surface area contributed by atoms with Gasteiger partial charge in [0.2, 0.25) is 0 Å². The van der Waals surface area contributed by atoms with Gasteiger partial charge in [-0.2, -0.15) is 0 Å². The number of hydrazine groups is 1. The molecule has 3 N–H and O–H groups in total. The summed E-state index contributed by atoms with van der Waals surface area (Å²) >= 11 is 12.2. The van der Waals surface area contributed by atoms with E-state index in [2.05, 4.69) is 10.4 Å². The molecule has 0 fully saturated rings. The number of pyridine rings is 1. The molecule has 1 aromatic heterocycles. The first-order valence-corrected chi connectivity index (χ1v) is 6.63. The summed E-state index contributed by atoms with van der Waals surface area (Å²) in [6.07, 6.45) is 0. The molecule has 5 heteroatoms. The summed E-state index contributed by atoms with van der Waals surface area (Å²) in [5, 5.41) is 1.22. The quantitative estimate of drug-likeness (QED) is 0.672. The van der Waals surface area contributed by atoms with Crippen molar-refractivity contribution in [1.82, 2.24) is 10.4 Å². The van der Waals surface area contributed by atoms with Crippen LogP contribution in [-0.2, 0) is 0 Å². The van der Waals surface area contributed by atoms with Crippen molar-refractivity contribution in [2.75, 3.05) is 0 Å². The fourth-order valence-electron chi connectivity index (χ4n) is 2.09. The maximum absolute atomic E-state index is 6.22. The highest BCUT2D eigenvalue weighted by Gasteiger charge is 2.18. The Morgan fingerprint density at radius 1 is 1.16 bits per heavy atom. The van der Waals surface area contributed by atoms with Crippen LogP contribution in [0, 0.1) is 13.8 Å². The molecule has 1 aromatic carbocycles. The molecule has 1 heterocycles. The Morgan fingerprint density at radius 3 is 2.53 bits per heavy atom. The van der Waals surface area contributed by atoms with Crippen LogP contribution in [0.2, 0.25) is 10.0 Å². The molecule has 0 spiro atoms. The first-order chi connectivity index (χ1) is 9.01. The molecule has 0 saturated heterocycles. The summed E-state index contributed by atoms with van der Waals surface area (Å²) < 4.78 is 0. The third-order valence-electron chi connectivity index (χ3n) is 2.85. The second kappa shape index (κ2) is 5.88. The van der Waals surface area contributed by atoms with E-state index in [1.807, 2.05) is 26.0 Å². The number of aromatic nitrogens is 1. The fourth-order valence-corrected chi connectivity index (χ4v) is 2.50. The standard InChI is InChI=1S/C14H15Cl2N3/c1-8-5-9(2)18-13(6-8)14(19-17)11-7-10(15)3-4-12(11)16/h3-7,14,19H,17H2,1-2H3. The third-order valence-corrected chi connectivity index (χ3v) is 3.43. The first-order valence-electron chi connectivity index (χ1n) is 5.87. The van der Waals surface area contributed by atoms with E-state index < -0.39 is 0 Å². The van der Waals surface area contributed by atoms with E-state index in [1.54, 1.807) is 18.2 Å². The van der Waals surface area contributed by atoms with E-state index in [1.165, 1.54) is 0 Å². The van der Waals surface area contributed by atoms with E-state index in [-0.39, 0.29) is 6.04 Å². The molecule has 2 rings (SSSR count). The monoisotopic (exact) mass is 295 g/mol. The molecule has 0 saturated carbocycles. The lowest BCUT2D eigenvalue weighted by Gasteiger charge is -2.18. The molecule has 100 valence electrons. The second-order valence-electron chi connectivity index (χ2n) is 4.48. The van der Waals surface area contributed by atoms with Crippen LogP contribution in [0.5, 0.6) is 0 Å². The first kappa shape index (κ1) is 14.3. The normalized spacial score (nSPS) is 12.5. The van der Waals surface area contributed by atoms with E-state index in [0.29, 0.717) is 10.0 Å². The summed E-state index contributed by atoms with van der Waals surface area (Å²) in [4.78, 5) is 4.51. The zero-order chi connectivity index (χ0) is 14.0. The fraction of sp³-hybridized carbons (Fsp3) is 0.214. The summed E-state index contributed by atoms with van der Waals surface area (Å²) in [7, 11) is 0. The number of benzene rings is 1. The molecule has 3 nitrogen and oxygen atoms in total. The van der Waals surface area contributed by atoms with Crippen molar-refractivity contribution in [3.05, 3.63) is 62.9 Å². The van der Waals surface area contributed by atoms with E-state index in [9.17, 15) is 0 Å². The molecule has 2 aromatic rings. The van der Waals surface area contributed by atoms with Crippen molar-refractivity contribution in [3.63, 3.8) is 0 Å². The van der Waals surface area contributed by atoms with Crippen molar-refractivity contribution in [2.24, 2.45) is 5.84 Å². The summed E-state index contributed by atoms with van der Waals surface area (Å²) in [6, 6.07) is 9.01. The van der Waals surface area contributed by atoms with E-state index in [4.69, 9.17) is 29.0 Å². The van der Waals surface area contributed by atoms with Crippen molar-refractivity contribution < 1.29 is 0 Å². The van der Waals surface area contributed by atoms with Crippen molar-refractivity contribution in [1.29, 1.82) is 0 Å². The number of hydrogen-bond acceptors (Lipinski definition) is 3. The van der Waals surface area contributed by atoms with Gasteiger partial charge in [-0.05, 0) is 55.3 Å². The van der Waals surface area contributed by atoms with Gasteiger partial charge in [-0.3, -0.25) is 10.8 Å². The molecule has 1 atom stereocenters. The minimum Gasteiger partial charge on any atom is -0.271 e. The van der Waals surface area contributed by atoms with E-state index >= 15 is 0 Å². The summed E-state index contributed by atoms with van der Waals surface area (Å²) in [5.74, 6) is 5.66. The van der Waals surface area contributed by atoms with Gasteiger partial charge in [-0.25, -0.2) is 5.43 Å². The lowest BCUT2D eigenvalue weighted by atomic mass is 10.0. The molecular weight excluding hydrogens is 281 g/mol. The van der Waals surface area contributed by atoms with Crippen molar-refractivity contribution >= 4 is 23.2 Å². The van der Waals surface area contributed by atoms with Crippen LogP contribution in [0.15, 0.2) is 30.3 Å². The summed E-state index contributed by atoms with van der Waals surface area (Å²) in [6.45, 7) is 3.97. The van der Waals surface area contributed by atoms with Gasteiger partial charge in [0.15, 0.2) is 0 Å². The Balaban J connectivity index is 2.52. The summed E-state index contributed by atoms with van der Waals surface area (Å²) in [5.41, 5.74) is 6.45. The number of rotatable bonds is 3. The van der Waals surface area contributed by atoms with Crippen molar-refractivity contribution in [3.8, 4) is 0 Å². The van der Waals surface area contributed by atoms with Crippen LogP contribution in [0.25, 0.3) is 0 Å². The highest BCUT2D eigenvalue weighted by atomic mass is 35.5.